The Kier molecular flexibility index (Phi) is 4.32. The number of carboxylic acids is 1. The van der Waals surface area contributed by atoms with Gasteiger partial charge in [-0.05, 0) is 37.1 Å². The molecule has 1 aliphatic rings. The van der Waals surface area contributed by atoms with Crippen molar-refractivity contribution in [1.82, 2.24) is 0 Å². The summed E-state index contributed by atoms with van der Waals surface area (Å²) in [5, 5.41) is 8.39. The number of carbonyl (C=O) groups is 1. The molecule has 0 saturated heterocycles. The van der Waals surface area contributed by atoms with Crippen LogP contribution in [0.1, 0.15) is 25.7 Å². The molecule has 2 atom stereocenters. The molecule has 0 aromatic heterocycles. The van der Waals surface area contributed by atoms with Crippen LogP contribution >= 0.6 is 0 Å². The maximum absolute atomic E-state index is 12.6. The third kappa shape index (κ3) is 2.80. The summed E-state index contributed by atoms with van der Waals surface area (Å²) in [6.07, 6.45) is 2.36. The number of benzene rings is 1. The summed E-state index contributed by atoms with van der Waals surface area (Å²) in [4.78, 5) is 11.4. The largest absolute Gasteiger partial charge is 0.497 e. The monoisotopic (exact) mass is 298 g/mol. The fourth-order valence-electron chi connectivity index (χ4n) is 2.69. The predicted molar refractivity (Wildman–Crippen MR) is 73.6 cm³/mol. The second kappa shape index (κ2) is 5.83. The summed E-state index contributed by atoms with van der Waals surface area (Å²) in [7, 11) is -2.11. The standard InChI is InChI=1S/C14H18O5S/c1-19-10-6-8-11(9-7-10)20(17,18)13-5-3-2-4-12(13)14(15)16/h6-9,12-13H,2-5H2,1H3,(H,15,16). The molecule has 0 spiro atoms. The SMILES string of the molecule is COc1ccc(S(=O)(=O)C2CCCCC2C(=O)O)cc1. The molecule has 1 aliphatic carbocycles. The van der Waals surface area contributed by atoms with Crippen molar-refractivity contribution >= 4 is 15.8 Å². The van der Waals surface area contributed by atoms with Crippen LogP contribution in [-0.2, 0) is 14.6 Å². The van der Waals surface area contributed by atoms with Gasteiger partial charge in [0.25, 0.3) is 0 Å². The first-order valence-corrected chi connectivity index (χ1v) is 8.12. The average molecular weight is 298 g/mol. The summed E-state index contributed by atoms with van der Waals surface area (Å²) in [6, 6.07) is 6.10. The van der Waals surface area contributed by atoms with Gasteiger partial charge in [-0.2, -0.15) is 0 Å². The fraction of sp³-hybridized carbons (Fsp3) is 0.500. The van der Waals surface area contributed by atoms with Crippen molar-refractivity contribution in [2.45, 2.75) is 35.8 Å². The lowest BCUT2D eigenvalue weighted by Gasteiger charge is -2.28. The third-order valence-corrected chi connectivity index (χ3v) is 6.10. The first kappa shape index (κ1) is 14.8. The van der Waals surface area contributed by atoms with Gasteiger partial charge in [0.1, 0.15) is 5.75 Å². The first-order chi connectivity index (χ1) is 9.46. The lowest BCUT2D eigenvalue weighted by molar-refractivity contribution is -0.142. The van der Waals surface area contributed by atoms with Crippen molar-refractivity contribution in [1.29, 1.82) is 0 Å². The quantitative estimate of drug-likeness (QED) is 0.920. The minimum atomic E-state index is -3.62. The minimum absolute atomic E-state index is 0.163. The van der Waals surface area contributed by atoms with Gasteiger partial charge in [0, 0.05) is 0 Å². The number of hydrogen-bond acceptors (Lipinski definition) is 4. The number of carboxylic acid groups (broad SMARTS) is 1. The topological polar surface area (TPSA) is 80.7 Å². The van der Waals surface area contributed by atoms with Crippen LogP contribution in [0.15, 0.2) is 29.2 Å². The number of ether oxygens (including phenoxy) is 1. The molecule has 6 heteroatoms. The molecule has 2 rings (SSSR count). The van der Waals surface area contributed by atoms with Crippen LogP contribution in [0, 0.1) is 5.92 Å². The highest BCUT2D eigenvalue weighted by atomic mass is 32.2. The molecule has 0 aliphatic heterocycles. The Morgan fingerprint density at radius 3 is 2.35 bits per heavy atom. The molecule has 1 aromatic rings. The zero-order valence-electron chi connectivity index (χ0n) is 11.3. The van der Waals surface area contributed by atoms with E-state index in [1.165, 1.54) is 19.2 Å². The van der Waals surface area contributed by atoms with Gasteiger partial charge in [0.05, 0.1) is 23.2 Å². The Bertz CT molecular complexity index is 576. The summed E-state index contributed by atoms with van der Waals surface area (Å²) in [5.41, 5.74) is 0. The first-order valence-electron chi connectivity index (χ1n) is 6.57. The van der Waals surface area contributed by atoms with Crippen molar-refractivity contribution in [3.63, 3.8) is 0 Å². The smallest absolute Gasteiger partial charge is 0.307 e. The van der Waals surface area contributed by atoms with Crippen molar-refractivity contribution in [3.05, 3.63) is 24.3 Å². The molecule has 1 saturated carbocycles. The zero-order chi connectivity index (χ0) is 14.8. The van der Waals surface area contributed by atoms with Gasteiger partial charge in [0.15, 0.2) is 9.84 Å². The van der Waals surface area contributed by atoms with Crippen molar-refractivity contribution < 1.29 is 23.1 Å². The van der Waals surface area contributed by atoms with Gasteiger partial charge in [-0.3, -0.25) is 4.79 Å². The van der Waals surface area contributed by atoms with Gasteiger partial charge in [-0.25, -0.2) is 8.42 Å². The van der Waals surface area contributed by atoms with Gasteiger partial charge in [-0.1, -0.05) is 12.8 Å². The number of hydrogen-bond donors (Lipinski definition) is 1. The molecule has 5 nitrogen and oxygen atoms in total. The molecule has 1 aromatic carbocycles. The molecule has 0 bridgehead atoms. The van der Waals surface area contributed by atoms with E-state index in [4.69, 9.17) is 4.74 Å². The Morgan fingerprint density at radius 2 is 1.80 bits per heavy atom. The van der Waals surface area contributed by atoms with Crippen molar-refractivity contribution in [2.75, 3.05) is 7.11 Å². The van der Waals surface area contributed by atoms with E-state index in [0.717, 1.165) is 12.8 Å². The average Bonchev–Trinajstić information content (AvgIpc) is 2.47. The van der Waals surface area contributed by atoms with Crippen LogP contribution < -0.4 is 4.74 Å². The molecule has 20 heavy (non-hydrogen) atoms. The number of rotatable bonds is 4. The molecule has 0 heterocycles. The minimum Gasteiger partial charge on any atom is -0.497 e. The van der Waals surface area contributed by atoms with Crippen LogP contribution in [0.5, 0.6) is 5.75 Å². The summed E-state index contributed by atoms with van der Waals surface area (Å²) >= 11 is 0. The van der Waals surface area contributed by atoms with Gasteiger partial charge in [0.2, 0.25) is 0 Å². The number of aliphatic carboxylic acids is 1. The normalized spacial score (nSPS) is 23.2. The van der Waals surface area contributed by atoms with Gasteiger partial charge < -0.3 is 9.84 Å². The summed E-state index contributed by atoms with van der Waals surface area (Å²) < 4.78 is 30.2. The summed E-state index contributed by atoms with van der Waals surface area (Å²) in [6.45, 7) is 0. The second-order valence-electron chi connectivity index (χ2n) is 4.99. The molecule has 1 fully saturated rings. The Balaban J connectivity index is 2.34. The number of sulfone groups is 1. The molecule has 2 unspecified atom stereocenters. The van der Waals surface area contributed by atoms with Crippen LogP contribution in [-0.4, -0.2) is 31.9 Å². The van der Waals surface area contributed by atoms with Crippen LogP contribution in [0.2, 0.25) is 0 Å². The van der Waals surface area contributed by atoms with E-state index in [1.807, 2.05) is 0 Å². The lowest BCUT2D eigenvalue weighted by Crippen LogP contribution is -2.37. The van der Waals surface area contributed by atoms with E-state index in [1.54, 1.807) is 12.1 Å². The molecular weight excluding hydrogens is 280 g/mol. The van der Waals surface area contributed by atoms with E-state index in [-0.39, 0.29) is 4.90 Å². The summed E-state index contributed by atoms with van der Waals surface area (Å²) in [5.74, 6) is -1.26. The molecule has 0 radical (unpaired) electrons. The Hall–Kier alpha value is -1.56. The van der Waals surface area contributed by atoms with Crippen LogP contribution in [0.4, 0.5) is 0 Å². The molecule has 0 amide bonds. The Morgan fingerprint density at radius 1 is 1.20 bits per heavy atom. The van der Waals surface area contributed by atoms with Crippen LogP contribution in [0.3, 0.4) is 0 Å². The predicted octanol–water partition coefficient (Wildman–Crippen LogP) is 2.11. The van der Waals surface area contributed by atoms with Crippen molar-refractivity contribution in [2.24, 2.45) is 5.92 Å². The third-order valence-electron chi connectivity index (χ3n) is 3.81. The van der Waals surface area contributed by atoms with Crippen molar-refractivity contribution in [3.8, 4) is 5.75 Å². The highest BCUT2D eigenvalue weighted by Crippen LogP contribution is 2.33. The van der Waals surface area contributed by atoms with E-state index in [9.17, 15) is 18.3 Å². The molecular formula is C14H18O5S. The molecule has 1 N–H and O–H groups in total. The van der Waals surface area contributed by atoms with E-state index in [2.05, 4.69) is 0 Å². The van der Waals surface area contributed by atoms with Gasteiger partial charge in [-0.15, -0.1) is 0 Å². The number of methoxy groups -OCH3 is 1. The second-order valence-corrected chi connectivity index (χ2v) is 7.16. The Labute approximate surface area is 118 Å². The zero-order valence-corrected chi connectivity index (χ0v) is 12.1. The fourth-order valence-corrected chi connectivity index (χ4v) is 4.72. The maximum Gasteiger partial charge on any atom is 0.307 e. The van der Waals surface area contributed by atoms with E-state index in [0.29, 0.717) is 18.6 Å². The van der Waals surface area contributed by atoms with E-state index >= 15 is 0 Å². The van der Waals surface area contributed by atoms with Gasteiger partial charge >= 0.3 is 5.97 Å². The lowest BCUT2D eigenvalue weighted by atomic mass is 9.89. The van der Waals surface area contributed by atoms with Crippen LogP contribution in [0.25, 0.3) is 0 Å². The maximum atomic E-state index is 12.6. The molecule has 110 valence electrons. The highest BCUT2D eigenvalue weighted by Gasteiger charge is 2.40. The highest BCUT2D eigenvalue weighted by molar-refractivity contribution is 7.92. The van der Waals surface area contributed by atoms with E-state index < -0.39 is 27.0 Å².